The van der Waals surface area contributed by atoms with Crippen LogP contribution in [0.3, 0.4) is 0 Å². The maximum atomic E-state index is 14.3. The zero-order valence-electron chi connectivity index (χ0n) is 16.5. The van der Waals surface area contributed by atoms with Gasteiger partial charge in [-0.15, -0.1) is 0 Å². The summed E-state index contributed by atoms with van der Waals surface area (Å²) in [6.07, 6.45) is 1.77. The first-order valence-electron chi connectivity index (χ1n) is 9.52. The van der Waals surface area contributed by atoms with Crippen molar-refractivity contribution in [2.75, 3.05) is 20.2 Å². The summed E-state index contributed by atoms with van der Waals surface area (Å²) in [5.41, 5.74) is 0.523. The van der Waals surface area contributed by atoms with Gasteiger partial charge in [-0.1, -0.05) is 19.1 Å². The first-order valence-corrected chi connectivity index (χ1v) is 11.0. The maximum absolute atomic E-state index is 14.3. The summed E-state index contributed by atoms with van der Waals surface area (Å²) in [6.45, 7) is 3.05. The molecule has 1 N–H and O–H groups in total. The third kappa shape index (κ3) is 4.94. The van der Waals surface area contributed by atoms with Crippen molar-refractivity contribution in [1.29, 1.82) is 0 Å². The lowest BCUT2D eigenvalue weighted by atomic mass is 10.0. The molecular weight excluding hydrogens is 395 g/mol. The van der Waals surface area contributed by atoms with E-state index in [9.17, 15) is 17.6 Å². The Morgan fingerprint density at radius 3 is 2.62 bits per heavy atom. The summed E-state index contributed by atoms with van der Waals surface area (Å²) >= 11 is 0. The van der Waals surface area contributed by atoms with Gasteiger partial charge in [0.05, 0.1) is 17.6 Å². The first-order chi connectivity index (χ1) is 13.8. The minimum absolute atomic E-state index is 0.0670. The monoisotopic (exact) mass is 420 g/mol. The number of halogens is 1. The Bertz CT molecular complexity index is 977. The molecule has 1 heterocycles. The van der Waals surface area contributed by atoms with Crippen molar-refractivity contribution in [3.63, 3.8) is 0 Å². The summed E-state index contributed by atoms with van der Waals surface area (Å²) in [7, 11) is -2.21. The second-order valence-electron chi connectivity index (χ2n) is 7.28. The Labute approximate surface area is 170 Å². The van der Waals surface area contributed by atoms with Crippen LogP contribution in [-0.4, -0.2) is 38.8 Å². The highest BCUT2D eigenvalue weighted by molar-refractivity contribution is 7.89. The number of carbonyl (C=O) groups is 1. The SMILES string of the molecule is COc1ccc(CNC(=O)c2cc(S(=O)(=O)N3CCC[C@@H](C)C3)ccc2F)cc1. The van der Waals surface area contributed by atoms with E-state index in [1.165, 1.54) is 10.4 Å². The maximum Gasteiger partial charge on any atom is 0.254 e. The molecule has 0 saturated carbocycles. The molecule has 0 aliphatic carbocycles. The van der Waals surface area contributed by atoms with Crippen LogP contribution in [0, 0.1) is 11.7 Å². The van der Waals surface area contributed by atoms with E-state index < -0.39 is 21.7 Å². The molecule has 0 aromatic heterocycles. The fraction of sp³-hybridized carbons (Fsp3) is 0.381. The van der Waals surface area contributed by atoms with E-state index >= 15 is 0 Å². The number of rotatable bonds is 6. The second-order valence-corrected chi connectivity index (χ2v) is 9.22. The third-order valence-electron chi connectivity index (χ3n) is 5.05. The van der Waals surface area contributed by atoms with Gasteiger partial charge in [0.25, 0.3) is 5.91 Å². The lowest BCUT2D eigenvalue weighted by Gasteiger charge is -2.30. The van der Waals surface area contributed by atoms with E-state index in [0.717, 1.165) is 30.5 Å². The summed E-state index contributed by atoms with van der Waals surface area (Å²) in [6, 6.07) is 10.4. The number of benzene rings is 2. The van der Waals surface area contributed by atoms with Gasteiger partial charge >= 0.3 is 0 Å². The highest BCUT2D eigenvalue weighted by Crippen LogP contribution is 2.25. The van der Waals surface area contributed by atoms with Crippen molar-refractivity contribution < 1.29 is 22.3 Å². The molecule has 0 radical (unpaired) electrons. The van der Waals surface area contributed by atoms with E-state index in [4.69, 9.17) is 4.74 Å². The molecule has 3 rings (SSSR count). The number of hydrogen-bond acceptors (Lipinski definition) is 4. The third-order valence-corrected chi connectivity index (χ3v) is 6.91. The summed E-state index contributed by atoms with van der Waals surface area (Å²) in [5, 5.41) is 2.63. The molecule has 1 amide bonds. The van der Waals surface area contributed by atoms with Crippen LogP contribution in [0.25, 0.3) is 0 Å². The van der Waals surface area contributed by atoms with Crippen LogP contribution >= 0.6 is 0 Å². The average Bonchev–Trinajstić information content (AvgIpc) is 2.72. The molecule has 1 fully saturated rings. The number of sulfonamides is 1. The first kappa shape index (κ1) is 21.3. The van der Waals surface area contributed by atoms with Crippen molar-refractivity contribution >= 4 is 15.9 Å². The topological polar surface area (TPSA) is 75.7 Å². The summed E-state index contributed by atoms with van der Waals surface area (Å²) in [5.74, 6) is -0.465. The number of ether oxygens (including phenoxy) is 1. The van der Waals surface area contributed by atoms with Gasteiger partial charge in [-0.3, -0.25) is 4.79 Å². The number of nitrogens with zero attached hydrogens (tertiary/aromatic N) is 1. The number of methoxy groups -OCH3 is 1. The van der Waals surface area contributed by atoms with Gasteiger partial charge in [0, 0.05) is 19.6 Å². The van der Waals surface area contributed by atoms with Crippen molar-refractivity contribution in [3.05, 3.63) is 59.4 Å². The Morgan fingerprint density at radius 2 is 1.97 bits per heavy atom. The predicted molar refractivity (Wildman–Crippen MR) is 108 cm³/mol. The lowest BCUT2D eigenvalue weighted by Crippen LogP contribution is -2.39. The number of piperidine rings is 1. The van der Waals surface area contributed by atoms with E-state index in [1.54, 1.807) is 31.4 Å². The molecule has 29 heavy (non-hydrogen) atoms. The highest BCUT2D eigenvalue weighted by Gasteiger charge is 2.29. The largest absolute Gasteiger partial charge is 0.497 e. The van der Waals surface area contributed by atoms with Gasteiger partial charge < -0.3 is 10.1 Å². The Hall–Kier alpha value is -2.45. The van der Waals surface area contributed by atoms with Crippen molar-refractivity contribution in [2.24, 2.45) is 5.92 Å². The van der Waals surface area contributed by atoms with Crippen molar-refractivity contribution in [1.82, 2.24) is 9.62 Å². The van der Waals surface area contributed by atoms with Crippen LogP contribution in [0.15, 0.2) is 47.4 Å². The highest BCUT2D eigenvalue weighted by atomic mass is 32.2. The average molecular weight is 421 g/mol. The Kier molecular flexibility index (Phi) is 6.54. The van der Waals surface area contributed by atoms with Crippen LogP contribution in [-0.2, 0) is 16.6 Å². The van der Waals surface area contributed by atoms with Crippen LogP contribution in [0.2, 0.25) is 0 Å². The molecule has 1 atom stereocenters. The van der Waals surface area contributed by atoms with Gasteiger partial charge in [-0.2, -0.15) is 4.31 Å². The zero-order valence-corrected chi connectivity index (χ0v) is 17.3. The fourth-order valence-corrected chi connectivity index (χ4v) is 5.00. The minimum Gasteiger partial charge on any atom is -0.497 e. The lowest BCUT2D eigenvalue weighted by molar-refractivity contribution is 0.0946. The number of nitrogens with one attached hydrogen (secondary N) is 1. The molecule has 6 nitrogen and oxygen atoms in total. The second kappa shape index (κ2) is 8.92. The molecule has 1 aliphatic rings. The zero-order chi connectivity index (χ0) is 21.0. The molecular formula is C21H25FN2O4S. The molecule has 0 spiro atoms. The minimum atomic E-state index is -3.77. The molecule has 0 bridgehead atoms. The van der Waals surface area contributed by atoms with Crippen molar-refractivity contribution in [2.45, 2.75) is 31.2 Å². The van der Waals surface area contributed by atoms with Gasteiger partial charge in [-0.05, 0) is 54.7 Å². The molecule has 2 aromatic carbocycles. The van der Waals surface area contributed by atoms with E-state index in [-0.39, 0.29) is 22.9 Å². The predicted octanol–water partition coefficient (Wildman–Crippen LogP) is 3.18. The normalized spacial score (nSPS) is 17.7. The quantitative estimate of drug-likeness (QED) is 0.779. The Morgan fingerprint density at radius 1 is 1.24 bits per heavy atom. The number of carbonyl (C=O) groups excluding carboxylic acids is 1. The molecule has 8 heteroatoms. The molecule has 1 aliphatic heterocycles. The summed E-state index contributed by atoms with van der Waals surface area (Å²) in [4.78, 5) is 12.4. The van der Waals surface area contributed by atoms with E-state index in [1.807, 2.05) is 6.92 Å². The van der Waals surface area contributed by atoms with Gasteiger partial charge in [0.1, 0.15) is 11.6 Å². The molecule has 0 unspecified atom stereocenters. The van der Waals surface area contributed by atoms with Gasteiger partial charge in [-0.25, -0.2) is 12.8 Å². The van der Waals surface area contributed by atoms with Crippen molar-refractivity contribution in [3.8, 4) is 5.75 Å². The van der Waals surface area contributed by atoms with E-state index in [0.29, 0.717) is 18.8 Å². The van der Waals surface area contributed by atoms with Gasteiger partial charge in [0.15, 0.2) is 0 Å². The smallest absolute Gasteiger partial charge is 0.254 e. The Balaban J connectivity index is 1.76. The number of amides is 1. The summed E-state index contributed by atoms with van der Waals surface area (Å²) < 4.78 is 46.6. The van der Waals surface area contributed by atoms with E-state index in [2.05, 4.69) is 5.32 Å². The molecule has 2 aromatic rings. The van der Waals surface area contributed by atoms with Gasteiger partial charge in [0.2, 0.25) is 10.0 Å². The van der Waals surface area contributed by atoms with Crippen LogP contribution in [0.4, 0.5) is 4.39 Å². The van der Waals surface area contributed by atoms with Crippen LogP contribution in [0.1, 0.15) is 35.7 Å². The molecule has 1 saturated heterocycles. The van der Waals surface area contributed by atoms with Crippen LogP contribution in [0.5, 0.6) is 5.75 Å². The number of hydrogen-bond donors (Lipinski definition) is 1. The fourth-order valence-electron chi connectivity index (χ4n) is 3.37. The molecule has 156 valence electrons. The van der Waals surface area contributed by atoms with Crippen LogP contribution < -0.4 is 10.1 Å². The standard InChI is InChI=1S/C21H25FN2O4S/c1-15-4-3-11-24(14-15)29(26,27)18-9-10-20(22)19(12-18)21(25)23-13-16-5-7-17(28-2)8-6-16/h5-10,12,15H,3-4,11,13-14H2,1-2H3,(H,23,25)/t15-/m1/s1.